The number of methoxy groups -OCH3 is 1. The number of fused-ring (bicyclic) bond motifs is 1. The number of hydrogen-bond acceptors (Lipinski definition) is 5. The predicted molar refractivity (Wildman–Crippen MR) is 73.6 cm³/mol. The van der Waals surface area contributed by atoms with Crippen molar-refractivity contribution < 1.29 is 4.74 Å². The minimum atomic E-state index is 0.693. The van der Waals surface area contributed by atoms with Crippen LogP contribution in [-0.4, -0.2) is 32.8 Å². The van der Waals surface area contributed by atoms with Crippen LogP contribution < -0.4 is 10.1 Å². The van der Waals surface area contributed by atoms with Gasteiger partial charge in [-0.2, -0.15) is 10.1 Å². The van der Waals surface area contributed by atoms with Gasteiger partial charge in [0, 0.05) is 37.1 Å². The van der Waals surface area contributed by atoms with E-state index in [0.29, 0.717) is 5.88 Å². The molecule has 7 heteroatoms. The molecule has 0 aliphatic heterocycles. The summed E-state index contributed by atoms with van der Waals surface area (Å²) in [6.07, 6.45) is 5.76. The highest BCUT2D eigenvalue weighted by Gasteiger charge is 2.12. The fraction of sp³-hybridized carbons (Fsp3) is 0.333. The van der Waals surface area contributed by atoms with Gasteiger partial charge < -0.3 is 10.1 Å². The van der Waals surface area contributed by atoms with Crippen molar-refractivity contribution in [2.75, 3.05) is 13.7 Å². The summed E-state index contributed by atoms with van der Waals surface area (Å²) >= 11 is 1.60. The van der Waals surface area contributed by atoms with E-state index in [2.05, 4.69) is 19.8 Å². The predicted octanol–water partition coefficient (Wildman–Crippen LogP) is 1.39. The molecule has 0 aliphatic rings. The van der Waals surface area contributed by atoms with Crippen molar-refractivity contribution in [1.82, 2.24) is 24.5 Å². The monoisotopic (exact) mass is 277 g/mol. The molecule has 3 aromatic heterocycles. The highest BCUT2D eigenvalue weighted by molar-refractivity contribution is 7.15. The molecule has 0 aromatic carbocycles. The lowest BCUT2D eigenvalue weighted by atomic mass is 10.4. The molecule has 0 amide bonds. The van der Waals surface area contributed by atoms with Gasteiger partial charge in [-0.3, -0.25) is 9.08 Å². The number of imidazole rings is 1. The van der Waals surface area contributed by atoms with Crippen molar-refractivity contribution in [2.45, 2.75) is 13.1 Å². The first-order valence-corrected chi connectivity index (χ1v) is 6.93. The first kappa shape index (κ1) is 12.2. The van der Waals surface area contributed by atoms with Crippen LogP contribution >= 0.6 is 11.3 Å². The molecule has 6 nitrogen and oxygen atoms in total. The zero-order chi connectivity index (χ0) is 13.1. The van der Waals surface area contributed by atoms with Crippen LogP contribution in [0.3, 0.4) is 0 Å². The van der Waals surface area contributed by atoms with Crippen molar-refractivity contribution in [1.29, 1.82) is 0 Å². The Labute approximate surface area is 114 Å². The molecule has 100 valence electrons. The highest BCUT2D eigenvalue weighted by Crippen LogP contribution is 2.22. The summed E-state index contributed by atoms with van der Waals surface area (Å²) in [7, 11) is 1.65. The Morgan fingerprint density at radius 3 is 3.16 bits per heavy atom. The number of nitrogens with zero attached hydrogens (tertiary/aromatic N) is 4. The van der Waals surface area contributed by atoms with Gasteiger partial charge in [-0.1, -0.05) is 0 Å². The van der Waals surface area contributed by atoms with Crippen LogP contribution in [0.4, 0.5) is 0 Å². The zero-order valence-electron chi connectivity index (χ0n) is 10.6. The van der Waals surface area contributed by atoms with Gasteiger partial charge in [0.25, 0.3) is 0 Å². The second-order valence-electron chi connectivity index (χ2n) is 4.07. The molecule has 0 saturated heterocycles. The topological polar surface area (TPSA) is 56.4 Å². The van der Waals surface area contributed by atoms with E-state index in [9.17, 15) is 0 Å². The van der Waals surface area contributed by atoms with E-state index in [1.165, 1.54) is 0 Å². The molecule has 3 aromatic rings. The normalized spacial score (nSPS) is 11.2. The van der Waals surface area contributed by atoms with Crippen LogP contribution in [0.2, 0.25) is 0 Å². The van der Waals surface area contributed by atoms with Crippen molar-refractivity contribution in [3.63, 3.8) is 0 Å². The van der Waals surface area contributed by atoms with Crippen molar-refractivity contribution >= 4 is 16.3 Å². The molecule has 0 atom stereocenters. The second-order valence-corrected chi connectivity index (χ2v) is 4.94. The van der Waals surface area contributed by atoms with Gasteiger partial charge >= 0.3 is 0 Å². The van der Waals surface area contributed by atoms with E-state index >= 15 is 0 Å². The number of thiazole rings is 1. The van der Waals surface area contributed by atoms with Gasteiger partial charge in [0.15, 0.2) is 4.96 Å². The molecule has 0 spiro atoms. The number of hydrogen-bond donors (Lipinski definition) is 1. The third kappa shape index (κ3) is 2.47. The standard InChI is InChI=1S/C12H15N5OS/c1-18-11-10(17-7-8-19-12(17)15-11)9-13-4-6-16-5-2-3-14-16/h2-3,5,7-8,13H,4,6,9H2,1H3. The smallest absolute Gasteiger partial charge is 0.237 e. The third-order valence-electron chi connectivity index (χ3n) is 2.89. The molecular formula is C12H15N5OS. The van der Waals surface area contributed by atoms with Crippen LogP contribution in [0.15, 0.2) is 30.0 Å². The fourth-order valence-corrected chi connectivity index (χ4v) is 2.69. The van der Waals surface area contributed by atoms with Gasteiger partial charge in [0.2, 0.25) is 5.88 Å². The molecule has 0 unspecified atom stereocenters. The van der Waals surface area contributed by atoms with Gasteiger partial charge in [-0.25, -0.2) is 0 Å². The van der Waals surface area contributed by atoms with E-state index in [1.807, 2.05) is 28.5 Å². The van der Waals surface area contributed by atoms with Gasteiger partial charge in [-0.15, -0.1) is 11.3 Å². The Morgan fingerprint density at radius 2 is 2.37 bits per heavy atom. The molecule has 0 aliphatic carbocycles. The van der Waals surface area contributed by atoms with E-state index in [-0.39, 0.29) is 0 Å². The van der Waals surface area contributed by atoms with Gasteiger partial charge in [-0.05, 0) is 6.07 Å². The van der Waals surface area contributed by atoms with Crippen molar-refractivity contribution in [2.24, 2.45) is 0 Å². The molecule has 3 rings (SSSR count). The summed E-state index contributed by atoms with van der Waals surface area (Å²) in [5.74, 6) is 0.693. The van der Waals surface area contributed by atoms with Crippen LogP contribution in [0, 0.1) is 0 Å². The molecular weight excluding hydrogens is 262 g/mol. The first-order chi connectivity index (χ1) is 9.38. The number of ether oxygens (including phenoxy) is 1. The summed E-state index contributed by atoms with van der Waals surface area (Å²) in [5, 5.41) is 9.57. The quantitative estimate of drug-likeness (QED) is 0.692. The second kappa shape index (κ2) is 5.41. The van der Waals surface area contributed by atoms with E-state index in [1.54, 1.807) is 24.6 Å². The minimum absolute atomic E-state index is 0.693. The SMILES string of the molecule is COc1nc2sccn2c1CNCCn1cccn1. The average molecular weight is 277 g/mol. The maximum Gasteiger partial charge on any atom is 0.237 e. The largest absolute Gasteiger partial charge is 0.480 e. The summed E-state index contributed by atoms with van der Waals surface area (Å²) < 4.78 is 9.27. The Balaban J connectivity index is 1.62. The lowest BCUT2D eigenvalue weighted by molar-refractivity contribution is 0.392. The lowest BCUT2D eigenvalue weighted by Gasteiger charge is -2.06. The maximum atomic E-state index is 5.31. The van der Waals surface area contributed by atoms with E-state index < -0.39 is 0 Å². The Hall–Kier alpha value is -1.86. The van der Waals surface area contributed by atoms with E-state index in [4.69, 9.17) is 4.74 Å². The minimum Gasteiger partial charge on any atom is -0.480 e. The lowest BCUT2D eigenvalue weighted by Crippen LogP contribution is -2.20. The Kier molecular flexibility index (Phi) is 3.47. The molecule has 1 N–H and O–H groups in total. The fourth-order valence-electron chi connectivity index (χ4n) is 1.97. The first-order valence-electron chi connectivity index (χ1n) is 6.05. The number of aromatic nitrogens is 4. The molecule has 0 fully saturated rings. The van der Waals surface area contributed by atoms with E-state index in [0.717, 1.165) is 30.3 Å². The van der Waals surface area contributed by atoms with Crippen LogP contribution in [0.1, 0.15) is 5.69 Å². The van der Waals surface area contributed by atoms with Crippen LogP contribution in [0.25, 0.3) is 4.96 Å². The third-order valence-corrected chi connectivity index (χ3v) is 3.64. The summed E-state index contributed by atoms with van der Waals surface area (Å²) in [4.78, 5) is 5.38. The maximum absolute atomic E-state index is 5.31. The van der Waals surface area contributed by atoms with Crippen LogP contribution in [-0.2, 0) is 13.1 Å². The number of nitrogens with one attached hydrogen (secondary N) is 1. The average Bonchev–Trinajstić information content (AvgIpc) is 3.12. The molecule has 0 radical (unpaired) electrons. The molecule has 0 saturated carbocycles. The molecule has 19 heavy (non-hydrogen) atoms. The number of rotatable bonds is 6. The summed E-state index contributed by atoms with van der Waals surface area (Å²) in [6.45, 7) is 2.42. The van der Waals surface area contributed by atoms with Gasteiger partial charge in [0.05, 0.1) is 13.7 Å². The molecule has 3 heterocycles. The van der Waals surface area contributed by atoms with Crippen molar-refractivity contribution in [3.8, 4) is 5.88 Å². The van der Waals surface area contributed by atoms with Gasteiger partial charge in [0.1, 0.15) is 5.69 Å². The zero-order valence-corrected chi connectivity index (χ0v) is 11.4. The molecule has 0 bridgehead atoms. The van der Waals surface area contributed by atoms with Crippen molar-refractivity contribution in [3.05, 3.63) is 35.7 Å². The summed E-state index contributed by atoms with van der Waals surface area (Å²) in [6, 6.07) is 1.93. The Bertz CT molecular complexity index is 642. The highest BCUT2D eigenvalue weighted by atomic mass is 32.1. The summed E-state index contributed by atoms with van der Waals surface area (Å²) in [5.41, 5.74) is 1.05. The Morgan fingerprint density at radius 1 is 1.42 bits per heavy atom. The van der Waals surface area contributed by atoms with Crippen LogP contribution in [0.5, 0.6) is 5.88 Å².